The van der Waals surface area contributed by atoms with Crippen LogP contribution in [0.1, 0.15) is 18.9 Å². The van der Waals surface area contributed by atoms with E-state index in [-0.39, 0.29) is 0 Å². The van der Waals surface area contributed by atoms with E-state index in [4.69, 9.17) is 4.74 Å². The Kier molecular flexibility index (Phi) is 5.03. The summed E-state index contributed by atoms with van der Waals surface area (Å²) < 4.78 is 7.75. The monoisotopic (exact) mass is 361 g/mol. The highest BCUT2D eigenvalue weighted by molar-refractivity contribution is 9.13. The highest BCUT2D eigenvalue weighted by Crippen LogP contribution is 2.24. The summed E-state index contributed by atoms with van der Waals surface area (Å²) in [6.45, 7) is 5.02. The lowest BCUT2D eigenvalue weighted by molar-refractivity contribution is 0.105. The summed E-state index contributed by atoms with van der Waals surface area (Å²) in [5.41, 5.74) is 1.30. The summed E-state index contributed by atoms with van der Waals surface area (Å²) in [4.78, 5) is 0. The van der Waals surface area contributed by atoms with Crippen LogP contribution in [0.4, 0.5) is 0 Å². The molecule has 0 spiro atoms. The van der Waals surface area contributed by atoms with Crippen molar-refractivity contribution in [1.82, 2.24) is 5.32 Å². The van der Waals surface area contributed by atoms with Crippen molar-refractivity contribution >= 4 is 31.9 Å². The van der Waals surface area contributed by atoms with Crippen LogP contribution in [0.5, 0.6) is 0 Å². The second kappa shape index (κ2) is 6.32. The Bertz CT molecular complexity index is 384. The van der Waals surface area contributed by atoms with Crippen molar-refractivity contribution in [3.63, 3.8) is 0 Å². The highest BCUT2D eigenvalue weighted by atomic mass is 79.9. The van der Waals surface area contributed by atoms with Gasteiger partial charge in [0.2, 0.25) is 0 Å². The van der Waals surface area contributed by atoms with Crippen molar-refractivity contribution in [2.45, 2.75) is 26.0 Å². The third-order valence-corrected chi connectivity index (χ3v) is 5.13. The lowest BCUT2D eigenvalue weighted by Gasteiger charge is -2.14. The molecule has 1 heterocycles. The van der Waals surface area contributed by atoms with E-state index in [0.717, 1.165) is 28.6 Å². The van der Waals surface area contributed by atoms with E-state index in [1.807, 2.05) is 0 Å². The minimum atomic E-state index is 0.402. The van der Waals surface area contributed by atoms with E-state index >= 15 is 0 Å². The smallest absolute Gasteiger partial charge is 0.0588 e. The second-order valence-electron chi connectivity index (χ2n) is 4.50. The van der Waals surface area contributed by atoms with Gasteiger partial charge in [0.05, 0.1) is 6.10 Å². The fraction of sp³-hybridized carbons (Fsp3) is 0.538. The first-order chi connectivity index (χ1) is 8.16. The third kappa shape index (κ3) is 3.78. The Morgan fingerprint density at radius 1 is 1.35 bits per heavy atom. The largest absolute Gasteiger partial charge is 0.378 e. The molecule has 2 nitrogen and oxygen atoms in total. The summed E-state index contributed by atoms with van der Waals surface area (Å²) in [5, 5.41) is 3.50. The van der Waals surface area contributed by atoms with E-state index in [1.54, 1.807) is 0 Å². The summed E-state index contributed by atoms with van der Waals surface area (Å²) in [6.07, 6.45) is 1.58. The van der Waals surface area contributed by atoms with Crippen LogP contribution in [0, 0.1) is 5.92 Å². The third-order valence-electron chi connectivity index (χ3n) is 3.25. The Morgan fingerprint density at radius 2 is 2.18 bits per heavy atom. The molecular formula is C13H17Br2NO. The lowest BCUT2D eigenvalue weighted by atomic mass is 10.0. The Morgan fingerprint density at radius 3 is 2.82 bits per heavy atom. The highest BCUT2D eigenvalue weighted by Gasteiger charge is 2.23. The topological polar surface area (TPSA) is 21.3 Å². The van der Waals surface area contributed by atoms with Gasteiger partial charge in [-0.2, -0.15) is 0 Å². The van der Waals surface area contributed by atoms with Gasteiger partial charge in [0.15, 0.2) is 0 Å². The van der Waals surface area contributed by atoms with Gasteiger partial charge in [0.1, 0.15) is 0 Å². The molecule has 1 N–H and O–H groups in total. The molecule has 0 amide bonds. The molecule has 94 valence electrons. The van der Waals surface area contributed by atoms with E-state index in [1.165, 1.54) is 12.0 Å². The molecule has 2 rings (SSSR count). The molecule has 0 saturated carbocycles. The van der Waals surface area contributed by atoms with Crippen LogP contribution in [-0.2, 0) is 11.3 Å². The van der Waals surface area contributed by atoms with Crippen LogP contribution in [0.15, 0.2) is 27.1 Å². The fourth-order valence-electron chi connectivity index (χ4n) is 2.10. The van der Waals surface area contributed by atoms with Crippen LogP contribution in [0.3, 0.4) is 0 Å². The predicted octanol–water partition coefficient (Wildman–Crippen LogP) is 3.73. The summed E-state index contributed by atoms with van der Waals surface area (Å²) >= 11 is 6.99. The van der Waals surface area contributed by atoms with Gasteiger partial charge in [0, 0.05) is 28.6 Å². The molecule has 1 fully saturated rings. The summed E-state index contributed by atoms with van der Waals surface area (Å²) in [5.74, 6) is 0.661. The fourth-order valence-corrected chi connectivity index (χ4v) is 2.77. The number of halogens is 2. The standard InChI is InChI=1S/C13H17Br2NO/c1-9-11(4-5-17-9)8-16-7-10-2-3-12(14)13(15)6-10/h2-3,6,9,11,16H,4-5,7-8H2,1H3. The average Bonchev–Trinajstić information content (AvgIpc) is 2.70. The molecule has 1 aromatic rings. The van der Waals surface area contributed by atoms with Gasteiger partial charge in [0.25, 0.3) is 0 Å². The van der Waals surface area contributed by atoms with Crippen molar-refractivity contribution in [2.24, 2.45) is 5.92 Å². The van der Waals surface area contributed by atoms with Crippen molar-refractivity contribution in [3.05, 3.63) is 32.7 Å². The van der Waals surface area contributed by atoms with Crippen LogP contribution >= 0.6 is 31.9 Å². The molecule has 1 aromatic carbocycles. The van der Waals surface area contributed by atoms with Gasteiger partial charge in [-0.15, -0.1) is 0 Å². The molecule has 0 radical (unpaired) electrons. The minimum Gasteiger partial charge on any atom is -0.378 e. The van der Waals surface area contributed by atoms with Gasteiger partial charge in [-0.25, -0.2) is 0 Å². The summed E-state index contributed by atoms with van der Waals surface area (Å²) in [6, 6.07) is 6.35. The molecule has 2 atom stereocenters. The minimum absolute atomic E-state index is 0.402. The van der Waals surface area contributed by atoms with Gasteiger partial charge in [-0.3, -0.25) is 0 Å². The maximum Gasteiger partial charge on any atom is 0.0588 e. The predicted molar refractivity (Wildman–Crippen MR) is 77.1 cm³/mol. The van der Waals surface area contributed by atoms with E-state index in [0.29, 0.717) is 12.0 Å². The Balaban J connectivity index is 1.79. The molecule has 2 unspecified atom stereocenters. The molecule has 0 aliphatic carbocycles. The number of nitrogens with one attached hydrogen (secondary N) is 1. The SMILES string of the molecule is CC1OCCC1CNCc1ccc(Br)c(Br)c1. The van der Waals surface area contributed by atoms with E-state index in [2.05, 4.69) is 62.3 Å². The van der Waals surface area contributed by atoms with Crippen molar-refractivity contribution in [1.29, 1.82) is 0 Å². The molecule has 1 saturated heterocycles. The van der Waals surface area contributed by atoms with Gasteiger partial charge < -0.3 is 10.1 Å². The molecule has 1 aliphatic rings. The molecule has 0 bridgehead atoms. The second-order valence-corrected chi connectivity index (χ2v) is 6.21. The van der Waals surface area contributed by atoms with Crippen LogP contribution in [0.25, 0.3) is 0 Å². The Hall–Kier alpha value is 0.1000. The average molecular weight is 363 g/mol. The zero-order chi connectivity index (χ0) is 12.3. The maximum absolute atomic E-state index is 5.55. The first kappa shape index (κ1) is 13.5. The first-order valence-corrected chi connectivity index (χ1v) is 7.51. The number of ether oxygens (including phenoxy) is 1. The Labute approximate surface area is 119 Å². The zero-order valence-electron chi connectivity index (χ0n) is 9.88. The lowest BCUT2D eigenvalue weighted by Crippen LogP contribution is -2.26. The molecule has 1 aliphatic heterocycles. The number of rotatable bonds is 4. The van der Waals surface area contributed by atoms with Crippen LogP contribution < -0.4 is 5.32 Å². The number of hydrogen-bond donors (Lipinski definition) is 1. The van der Waals surface area contributed by atoms with Crippen LogP contribution in [0.2, 0.25) is 0 Å². The van der Waals surface area contributed by atoms with E-state index in [9.17, 15) is 0 Å². The quantitative estimate of drug-likeness (QED) is 0.881. The van der Waals surface area contributed by atoms with Gasteiger partial charge in [-0.1, -0.05) is 6.07 Å². The van der Waals surface area contributed by atoms with Gasteiger partial charge in [-0.05, 0) is 68.8 Å². The van der Waals surface area contributed by atoms with Crippen molar-refractivity contribution in [2.75, 3.05) is 13.2 Å². The maximum atomic E-state index is 5.55. The zero-order valence-corrected chi connectivity index (χ0v) is 13.1. The molecule has 4 heteroatoms. The number of hydrogen-bond acceptors (Lipinski definition) is 2. The first-order valence-electron chi connectivity index (χ1n) is 5.93. The number of benzene rings is 1. The molecular weight excluding hydrogens is 346 g/mol. The summed E-state index contributed by atoms with van der Waals surface area (Å²) in [7, 11) is 0. The van der Waals surface area contributed by atoms with E-state index < -0.39 is 0 Å². The van der Waals surface area contributed by atoms with Crippen LogP contribution in [-0.4, -0.2) is 19.3 Å². The van der Waals surface area contributed by atoms with Crippen molar-refractivity contribution in [3.8, 4) is 0 Å². The van der Waals surface area contributed by atoms with Crippen molar-refractivity contribution < 1.29 is 4.74 Å². The molecule has 0 aromatic heterocycles. The molecule has 17 heavy (non-hydrogen) atoms. The van der Waals surface area contributed by atoms with Gasteiger partial charge >= 0.3 is 0 Å². The normalized spacial score (nSPS) is 24.2.